The van der Waals surface area contributed by atoms with Gasteiger partial charge in [0.05, 0.1) is 39.0 Å². The molecule has 2 aliphatic rings. The van der Waals surface area contributed by atoms with E-state index in [9.17, 15) is 0 Å². The van der Waals surface area contributed by atoms with Crippen LogP contribution in [0.3, 0.4) is 0 Å². The van der Waals surface area contributed by atoms with Crippen molar-refractivity contribution in [3.8, 4) is 0 Å². The normalized spacial score (nSPS) is 19.7. The van der Waals surface area contributed by atoms with Gasteiger partial charge < -0.3 is 20.1 Å². The van der Waals surface area contributed by atoms with Crippen molar-refractivity contribution in [2.24, 2.45) is 4.99 Å². The largest absolute Gasteiger partial charge is 0.379 e. The molecule has 0 saturated carbocycles. The molecule has 2 aliphatic heterocycles. The molecule has 2 saturated heterocycles. The van der Waals surface area contributed by atoms with Gasteiger partial charge in [-0.2, -0.15) is 0 Å². The molecule has 2 fully saturated rings. The third kappa shape index (κ3) is 8.47. The molecule has 0 aromatic heterocycles. The number of nitrogens with zero attached hydrogens (tertiary/aromatic N) is 3. The molecule has 2 N–H and O–H groups in total. The number of hydrogen-bond acceptors (Lipinski definition) is 5. The molecule has 7 nitrogen and oxygen atoms in total. The van der Waals surface area contributed by atoms with Crippen molar-refractivity contribution < 1.29 is 9.47 Å². The quantitative estimate of drug-likeness (QED) is 0.294. The summed E-state index contributed by atoms with van der Waals surface area (Å²) in [6, 6.07) is 8.31. The van der Waals surface area contributed by atoms with Gasteiger partial charge >= 0.3 is 0 Å². The second-order valence-electron chi connectivity index (χ2n) is 7.32. The van der Waals surface area contributed by atoms with E-state index in [0.29, 0.717) is 6.54 Å². The highest BCUT2D eigenvalue weighted by Crippen LogP contribution is 2.24. The highest BCUT2D eigenvalue weighted by molar-refractivity contribution is 14.0. The summed E-state index contributed by atoms with van der Waals surface area (Å²) < 4.78 is 11.0. The van der Waals surface area contributed by atoms with E-state index in [1.54, 1.807) is 0 Å². The zero-order valence-corrected chi connectivity index (χ0v) is 20.9. The second-order valence-corrected chi connectivity index (χ2v) is 7.76. The molecule has 1 atom stereocenters. The average molecular weight is 552 g/mol. The first kappa shape index (κ1) is 25.6. The first-order chi connectivity index (χ1) is 14.3. The summed E-state index contributed by atoms with van der Waals surface area (Å²) in [5.74, 6) is 0.862. The van der Waals surface area contributed by atoms with Crippen molar-refractivity contribution in [1.82, 2.24) is 20.4 Å². The third-order valence-electron chi connectivity index (χ3n) is 5.31. The van der Waals surface area contributed by atoms with Crippen molar-refractivity contribution in [2.75, 3.05) is 78.8 Å². The van der Waals surface area contributed by atoms with Crippen LogP contribution >= 0.6 is 35.6 Å². The summed E-state index contributed by atoms with van der Waals surface area (Å²) in [5.41, 5.74) is 1.20. The summed E-state index contributed by atoms with van der Waals surface area (Å²) >= 11 is 6.27. The number of benzene rings is 1. The van der Waals surface area contributed by atoms with Gasteiger partial charge in [-0.05, 0) is 24.6 Å². The van der Waals surface area contributed by atoms with E-state index < -0.39 is 0 Å². The Morgan fingerprint density at radius 1 is 1.10 bits per heavy atom. The summed E-state index contributed by atoms with van der Waals surface area (Å²) in [5, 5.41) is 7.61. The molecule has 170 valence electrons. The Labute approximate surface area is 202 Å². The molecule has 1 unspecified atom stereocenters. The smallest absolute Gasteiger partial charge is 0.191 e. The first-order valence-corrected chi connectivity index (χ1v) is 11.0. The summed E-state index contributed by atoms with van der Waals surface area (Å²) in [4.78, 5) is 9.76. The molecular weight excluding hydrogens is 517 g/mol. The lowest BCUT2D eigenvalue weighted by atomic mass is 10.0. The number of halogens is 2. The molecular formula is C21H35ClIN5O2. The summed E-state index contributed by atoms with van der Waals surface area (Å²) in [6.07, 6.45) is 0. The number of guanidine groups is 1. The van der Waals surface area contributed by atoms with E-state index in [0.717, 1.165) is 83.2 Å². The average Bonchev–Trinajstić information content (AvgIpc) is 2.75. The SMILES string of the molecule is CCNC(=NCC(c1cccc(Cl)c1)N1CCOCC1)NCCN1CCOCC1.I. The summed E-state index contributed by atoms with van der Waals surface area (Å²) in [7, 11) is 0. The highest BCUT2D eigenvalue weighted by atomic mass is 127. The van der Waals surface area contributed by atoms with E-state index >= 15 is 0 Å². The fourth-order valence-corrected chi connectivity index (χ4v) is 3.91. The first-order valence-electron chi connectivity index (χ1n) is 10.7. The van der Waals surface area contributed by atoms with E-state index in [1.165, 1.54) is 5.56 Å². The van der Waals surface area contributed by atoms with Crippen LogP contribution in [0.1, 0.15) is 18.5 Å². The van der Waals surface area contributed by atoms with E-state index in [4.69, 9.17) is 26.1 Å². The molecule has 2 heterocycles. The van der Waals surface area contributed by atoms with Crippen LogP contribution in [-0.2, 0) is 9.47 Å². The van der Waals surface area contributed by atoms with E-state index in [2.05, 4.69) is 39.5 Å². The Bertz CT molecular complexity index is 640. The van der Waals surface area contributed by atoms with Crippen LogP contribution in [0.25, 0.3) is 0 Å². The Balaban J connectivity index is 0.00000320. The molecule has 0 radical (unpaired) electrons. The van der Waals surface area contributed by atoms with Gasteiger partial charge in [-0.25, -0.2) is 0 Å². The van der Waals surface area contributed by atoms with Crippen molar-refractivity contribution >= 4 is 41.5 Å². The van der Waals surface area contributed by atoms with Crippen molar-refractivity contribution in [3.05, 3.63) is 34.9 Å². The van der Waals surface area contributed by atoms with Crippen LogP contribution in [0, 0.1) is 0 Å². The molecule has 30 heavy (non-hydrogen) atoms. The number of aliphatic imine (C=N–C) groups is 1. The maximum absolute atomic E-state index is 6.27. The van der Waals surface area contributed by atoms with Crippen molar-refractivity contribution in [1.29, 1.82) is 0 Å². The fraction of sp³-hybridized carbons (Fsp3) is 0.667. The number of nitrogens with one attached hydrogen (secondary N) is 2. The van der Waals surface area contributed by atoms with Crippen LogP contribution in [0.2, 0.25) is 5.02 Å². The van der Waals surface area contributed by atoms with Gasteiger partial charge in [0.2, 0.25) is 0 Å². The Kier molecular flexibility index (Phi) is 12.3. The summed E-state index contributed by atoms with van der Waals surface area (Å²) in [6.45, 7) is 12.5. The van der Waals surface area contributed by atoms with Crippen LogP contribution in [0.15, 0.2) is 29.3 Å². The van der Waals surface area contributed by atoms with Crippen molar-refractivity contribution in [3.63, 3.8) is 0 Å². The monoisotopic (exact) mass is 551 g/mol. The lowest BCUT2D eigenvalue weighted by Gasteiger charge is -2.34. The lowest BCUT2D eigenvalue weighted by molar-refractivity contribution is 0.0179. The van der Waals surface area contributed by atoms with Crippen LogP contribution in [0.4, 0.5) is 0 Å². The molecule has 0 spiro atoms. The molecule has 1 aromatic carbocycles. The third-order valence-corrected chi connectivity index (χ3v) is 5.55. The maximum Gasteiger partial charge on any atom is 0.191 e. The van der Waals surface area contributed by atoms with Gasteiger partial charge in [0.25, 0.3) is 0 Å². The van der Waals surface area contributed by atoms with Crippen LogP contribution < -0.4 is 10.6 Å². The zero-order valence-electron chi connectivity index (χ0n) is 17.8. The molecule has 1 aromatic rings. The Hall–Kier alpha value is -0.650. The lowest BCUT2D eigenvalue weighted by Crippen LogP contribution is -2.45. The maximum atomic E-state index is 6.27. The number of hydrogen-bond donors (Lipinski definition) is 2. The molecule has 3 rings (SSSR count). The van der Waals surface area contributed by atoms with Gasteiger partial charge in [-0.3, -0.25) is 14.8 Å². The number of rotatable bonds is 8. The molecule has 9 heteroatoms. The Morgan fingerprint density at radius 3 is 2.47 bits per heavy atom. The predicted molar refractivity (Wildman–Crippen MR) is 133 cm³/mol. The molecule has 0 aliphatic carbocycles. The van der Waals surface area contributed by atoms with Gasteiger partial charge in [0, 0.05) is 50.8 Å². The van der Waals surface area contributed by atoms with Gasteiger partial charge in [-0.15, -0.1) is 24.0 Å². The number of ether oxygens (including phenoxy) is 2. The van der Waals surface area contributed by atoms with Crippen LogP contribution in [-0.4, -0.2) is 94.5 Å². The van der Waals surface area contributed by atoms with E-state index in [-0.39, 0.29) is 30.0 Å². The minimum atomic E-state index is 0. The fourth-order valence-electron chi connectivity index (χ4n) is 3.71. The second kappa shape index (κ2) is 14.4. The number of morpholine rings is 2. The standard InChI is InChI=1S/C21H34ClN5O2.HI/c1-2-23-21(24-6-7-26-8-12-28-13-9-26)25-17-20(27-10-14-29-15-11-27)18-4-3-5-19(22)16-18;/h3-5,16,20H,2,6-15,17H2,1H3,(H2,23,24,25);1H. The minimum Gasteiger partial charge on any atom is -0.379 e. The van der Waals surface area contributed by atoms with Gasteiger partial charge in [0.1, 0.15) is 0 Å². The van der Waals surface area contributed by atoms with Crippen LogP contribution in [0.5, 0.6) is 0 Å². The van der Waals surface area contributed by atoms with E-state index in [1.807, 2.05) is 12.1 Å². The molecule has 0 bridgehead atoms. The van der Waals surface area contributed by atoms with Gasteiger partial charge in [-0.1, -0.05) is 23.7 Å². The minimum absolute atomic E-state index is 0. The zero-order chi connectivity index (χ0) is 20.3. The van der Waals surface area contributed by atoms with Gasteiger partial charge in [0.15, 0.2) is 5.96 Å². The Morgan fingerprint density at radius 2 is 1.80 bits per heavy atom. The predicted octanol–water partition coefficient (Wildman–Crippen LogP) is 2.22. The molecule has 0 amide bonds. The highest BCUT2D eigenvalue weighted by Gasteiger charge is 2.23. The topological polar surface area (TPSA) is 61.4 Å². The van der Waals surface area contributed by atoms with Crippen molar-refractivity contribution in [2.45, 2.75) is 13.0 Å².